The molecule has 0 aromatic rings. The van der Waals surface area contributed by atoms with Crippen LogP contribution in [0.2, 0.25) is 0 Å². The van der Waals surface area contributed by atoms with E-state index in [1.54, 1.807) is 0 Å². The molecule has 0 rings (SSSR count). The Kier molecular flexibility index (Phi) is 60.3. The summed E-state index contributed by atoms with van der Waals surface area (Å²) in [5.74, 6) is 0.860. The quantitative estimate of drug-likeness (QED) is 0.0222. The molecular formula is C72H140O17P2. The number of esters is 4. The molecule has 0 aliphatic heterocycles. The molecule has 6 atom stereocenters. The van der Waals surface area contributed by atoms with E-state index in [2.05, 4.69) is 55.4 Å². The molecule has 0 radical (unpaired) electrons. The highest BCUT2D eigenvalue weighted by atomic mass is 31.2. The number of aliphatic hydroxyl groups excluding tert-OH is 1. The summed E-state index contributed by atoms with van der Waals surface area (Å²) in [5, 5.41) is 10.6. The number of phosphoric acid groups is 2. The second-order valence-electron chi connectivity index (χ2n) is 27.6. The lowest BCUT2D eigenvalue weighted by atomic mass is 9.99. The third-order valence-corrected chi connectivity index (χ3v) is 18.8. The van der Waals surface area contributed by atoms with Crippen LogP contribution in [-0.2, 0) is 65.4 Å². The molecule has 91 heavy (non-hydrogen) atoms. The van der Waals surface area contributed by atoms with Gasteiger partial charge < -0.3 is 33.8 Å². The fourth-order valence-electron chi connectivity index (χ4n) is 10.8. The topological polar surface area (TPSA) is 237 Å². The van der Waals surface area contributed by atoms with Gasteiger partial charge in [0.1, 0.15) is 19.3 Å². The maximum Gasteiger partial charge on any atom is 0.472 e. The average Bonchev–Trinajstić information content (AvgIpc) is 3.22. The van der Waals surface area contributed by atoms with Crippen molar-refractivity contribution in [2.45, 2.75) is 375 Å². The first kappa shape index (κ1) is 89.1. The Bertz CT molecular complexity index is 1800. The van der Waals surface area contributed by atoms with Gasteiger partial charge in [-0.15, -0.1) is 0 Å². The SMILES string of the molecule is CCC(C)CCCCCCCCCCCCCCCCC(=O)OC[C@H](COP(=O)(O)OC[C@@H](O)COP(=O)(O)OC[C@@H](COC(=O)CCCCCCCCC(C)C)OC(=O)CCCCCCCCCC(C)C)OC(=O)CCCCCCCCCCCCCC(C)C. The van der Waals surface area contributed by atoms with Crippen LogP contribution < -0.4 is 0 Å². The minimum Gasteiger partial charge on any atom is -0.462 e. The third kappa shape index (κ3) is 65.1. The van der Waals surface area contributed by atoms with Gasteiger partial charge >= 0.3 is 39.5 Å². The molecule has 3 N–H and O–H groups in total. The van der Waals surface area contributed by atoms with Crippen molar-refractivity contribution in [2.75, 3.05) is 39.6 Å². The second kappa shape index (κ2) is 61.6. The molecule has 0 saturated carbocycles. The van der Waals surface area contributed by atoms with E-state index in [1.165, 1.54) is 154 Å². The number of rotatable bonds is 69. The molecule has 0 aliphatic carbocycles. The lowest BCUT2D eigenvalue weighted by Gasteiger charge is -2.21. The number of unbranched alkanes of at least 4 members (excludes halogenated alkanes) is 34. The molecule has 0 aromatic carbocycles. The largest absolute Gasteiger partial charge is 0.472 e. The molecule has 0 aliphatic rings. The number of hydrogen-bond acceptors (Lipinski definition) is 15. The van der Waals surface area contributed by atoms with Gasteiger partial charge in [0.25, 0.3) is 0 Å². The van der Waals surface area contributed by atoms with E-state index < -0.39 is 97.5 Å². The molecule has 0 fully saturated rings. The van der Waals surface area contributed by atoms with Crippen molar-refractivity contribution < 1.29 is 80.2 Å². The van der Waals surface area contributed by atoms with E-state index in [0.717, 1.165) is 108 Å². The number of ether oxygens (including phenoxy) is 4. The highest BCUT2D eigenvalue weighted by molar-refractivity contribution is 7.47. The first-order chi connectivity index (χ1) is 43.6. The standard InChI is InChI=1S/C72H140O17P2/c1-9-65(8)51-43-35-26-20-16-12-10-11-13-17-21-27-36-44-52-69(74)82-58-67(88-71(76)54-46-38-28-22-18-14-15-19-24-32-40-48-62(2)3)60-86-90(78,79)84-56-66(73)57-85-91(80,81)87-61-68(59-83-70(75)53-45-37-31-30-34-42-50-64(6)7)89-72(77)55-47-39-29-23-25-33-41-49-63(4)5/h62-68,73H,9-61H2,1-8H3,(H,78,79)(H,80,81)/t65?,66-,67-,68-/m1/s1. The van der Waals surface area contributed by atoms with Crippen molar-refractivity contribution in [2.24, 2.45) is 23.7 Å². The highest BCUT2D eigenvalue weighted by Crippen LogP contribution is 2.45. The molecule has 19 heteroatoms. The Hall–Kier alpha value is -1.94. The molecule has 540 valence electrons. The number of carbonyl (C=O) groups excluding carboxylic acids is 4. The number of hydrogen-bond donors (Lipinski definition) is 3. The van der Waals surface area contributed by atoms with E-state index in [4.69, 9.17) is 37.0 Å². The molecule has 0 bridgehead atoms. The zero-order valence-corrected chi connectivity index (χ0v) is 61.3. The maximum absolute atomic E-state index is 13.0. The first-order valence-corrected chi connectivity index (χ1v) is 40.2. The summed E-state index contributed by atoms with van der Waals surface area (Å²) in [4.78, 5) is 72.5. The Labute approximate surface area is 556 Å². The van der Waals surface area contributed by atoms with Crippen molar-refractivity contribution >= 4 is 39.5 Å². The maximum atomic E-state index is 13.0. The van der Waals surface area contributed by atoms with E-state index in [0.29, 0.717) is 37.5 Å². The van der Waals surface area contributed by atoms with Crippen LogP contribution in [0.1, 0.15) is 357 Å². The predicted octanol–water partition coefficient (Wildman–Crippen LogP) is 20.5. The van der Waals surface area contributed by atoms with E-state index in [9.17, 15) is 43.2 Å². The summed E-state index contributed by atoms with van der Waals surface area (Å²) in [6.45, 7) is 14.1. The van der Waals surface area contributed by atoms with Gasteiger partial charge in [-0.05, 0) is 49.4 Å². The average molecular weight is 1340 g/mol. The zero-order chi connectivity index (χ0) is 67.5. The predicted molar refractivity (Wildman–Crippen MR) is 367 cm³/mol. The van der Waals surface area contributed by atoms with Crippen LogP contribution in [0.4, 0.5) is 0 Å². The van der Waals surface area contributed by atoms with E-state index in [1.807, 2.05) is 0 Å². The fourth-order valence-corrected chi connectivity index (χ4v) is 12.4. The number of phosphoric ester groups is 2. The van der Waals surface area contributed by atoms with Crippen molar-refractivity contribution in [3.05, 3.63) is 0 Å². The van der Waals surface area contributed by atoms with Gasteiger partial charge in [0.15, 0.2) is 12.2 Å². The summed E-state index contributed by atoms with van der Waals surface area (Å²) in [6.07, 6.45) is 44.7. The molecule has 3 unspecified atom stereocenters. The minimum absolute atomic E-state index is 0.102. The van der Waals surface area contributed by atoms with E-state index in [-0.39, 0.29) is 25.7 Å². The first-order valence-electron chi connectivity index (χ1n) is 37.2. The van der Waals surface area contributed by atoms with Gasteiger partial charge in [-0.3, -0.25) is 37.3 Å². The third-order valence-electron chi connectivity index (χ3n) is 16.9. The fraction of sp³-hybridized carbons (Fsp3) is 0.944. The minimum atomic E-state index is -4.95. The monoisotopic (exact) mass is 1340 g/mol. The van der Waals surface area contributed by atoms with Gasteiger partial charge in [-0.25, -0.2) is 9.13 Å². The van der Waals surface area contributed by atoms with Crippen molar-refractivity contribution in [1.82, 2.24) is 0 Å². The van der Waals surface area contributed by atoms with Crippen LogP contribution in [0, 0.1) is 23.7 Å². The van der Waals surface area contributed by atoms with Gasteiger partial charge in [-0.1, -0.05) is 306 Å². The second-order valence-corrected chi connectivity index (χ2v) is 30.6. The summed E-state index contributed by atoms with van der Waals surface area (Å²) in [5.41, 5.74) is 0. The Balaban J connectivity index is 5.21. The van der Waals surface area contributed by atoms with Gasteiger partial charge in [0, 0.05) is 25.7 Å². The van der Waals surface area contributed by atoms with Gasteiger partial charge in [-0.2, -0.15) is 0 Å². The Morgan fingerprint density at radius 3 is 0.780 bits per heavy atom. The normalized spacial score (nSPS) is 14.5. The van der Waals surface area contributed by atoms with Crippen LogP contribution in [-0.4, -0.2) is 96.7 Å². The van der Waals surface area contributed by atoms with Crippen LogP contribution in [0.5, 0.6) is 0 Å². The van der Waals surface area contributed by atoms with Crippen LogP contribution in [0.15, 0.2) is 0 Å². The summed E-state index contributed by atoms with van der Waals surface area (Å²) in [7, 11) is -9.90. The van der Waals surface area contributed by atoms with Crippen molar-refractivity contribution in [1.29, 1.82) is 0 Å². The smallest absolute Gasteiger partial charge is 0.462 e. The van der Waals surface area contributed by atoms with Crippen molar-refractivity contribution in [3.8, 4) is 0 Å². The van der Waals surface area contributed by atoms with Crippen LogP contribution in [0.25, 0.3) is 0 Å². The number of aliphatic hydroxyl groups is 1. The van der Waals surface area contributed by atoms with E-state index >= 15 is 0 Å². The summed E-state index contributed by atoms with van der Waals surface area (Å²) < 4.78 is 68.3. The highest BCUT2D eigenvalue weighted by Gasteiger charge is 2.30. The van der Waals surface area contributed by atoms with Gasteiger partial charge in [0.2, 0.25) is 0 Å². The lowest BCUT2D eigenvalue weighted by Crippen LogP contribution is -2.30. The summed E-state index contributed by atoms with van der Waals surface area (Å²) >= 11 is 0. The lowest BCUT2D eigenvalue weighted by molar-refractivity contribution is -0.161. The Morgan fingerprint density at radius 2 is 0.527 bits per heavy atom. The number of carbonyl (C=O) groups is 4. The van der Waals surface area contributed by atoms with Gasteiger partial charge in [0.05, 0.1) is 26.4 Å². The molecule has 0 aromatic heterocycles. The molecule has 0 saturated heterocycles. The molecular weight excluding hydrogens is 1200 g/mol. The van der Waals surface area contributed by atoms with Crippen LogP contribution in [0.3, 0.4) is 0 Å². The Morgan fingerprint density at radius 1 is 0.308 bits per heavy atom. The molecule has 0 amide bonds. The van der Waals surface area contributed by atoms with Crippen molar-refractivity contribution in [3.63, 3.8) is 0 Å². The molecule has 17 nitrogen and oxygen atoms in total. The van der Waals surface area contributed by atoms with Crippen LogP contribution >= 0.6 is 15.6 Å². The zero-order valence-electron chi connectivity index (χ0n) is 59.5. The molecule has 0 heterocycles. The molecule has 0 spiro atoms. The summed E-state index contributed by atoms with van der Waals surface area (Å²) in [6, 6.07) is 0.